The first-order chi connectivity index (χ1) is 8.95. The van der Waals surface area contributed by atoms with Gasteiger partial charge in [-0.2, -0.15) is 0 Å². The van der Waals surface area contributed by atoms with Crippen LogP contribution in [0, 0.1) is 5.92 Å². The number of carbonyl (C=O) groups is 2. The maximum absolute atomic E-state index is 12.2. The van der Waals surface area contributed by atoms with Crippen molar-refractivity contribution in [1.29, 1.82) is 0 Å². The van der Waals surface area contributed by atoms with E-state index >= 15 is 0 Å². The maximum atomic E-state index is 12.2. The van der Waals surface area contributed by atoms with Crippen molar-refractivity contribution in [1.82, 2.24) is 9.80 Å². The third-order valence-corrected chi connectivity index (χ3v) is 3.67. The highest BCUT2D eigenvalue weighted by Gasteiger charge is 2.29. The van der Waals surface area contributed by atoms with Crippen LogP contribution >= 0.6 is 0 Å². The summed E-state index contributed by atoms with van der Waals surface area (Å²) in [5.41, 5.74) is 0. The summed E-state index contributed by atoms with van der Waals surface area (Å²) >= 11 is 0. The van der Waals surface area contributed by atoms with E-state index in [4.69, 9.17) is 9.84 Å². The quantitative estimate of drug-likeness (QED) is 0.818. The molecule has 0 saturated carbocycles. The Balaban J connectivity index is 2.41. The summed E-state index contributed by atoms with van der Waals surface area (Å²) in [6, 6.07) is -0.0423. The Morgan fingerprint density at radius 2 is 2.16 bits per heavy atom. The standard InChI is InChI=1S/C13H24N2O4/c1-10-6-8-15(9-11(10)19-3)13(18)14(2)7-4-5-12(16)17/h10-11H,4-9H2,1-3H3,(H,16,17). The second-order valence-electron chi connectivity index (χ2n) is 5.19. The number of carbonyl (C=O) groups excluding carboxylic acids is 1. The van der Waals surface area contributed by atoms with Crippen molar-refractivity contribution in [2.45, 2.75) is 32.3 Å². The summed E-state index contributed by atoms with van der Waals surface area (Å²) in [6.07, 6.45) is 1.60. The van der Waals surface area contributed by atoms with E-state index in [1.54, 1.807) is 24.0 Å². The molecule has 0 bridgehead atoms. The van der Waals surface area contributed by atoms with Crippen molar-refractivity contribution in [3.8, 4) is 0 Å². The number of aliphatic carboxylic acids is 1. The van der Waals surface area contributed by atoms with Gasteiger partial charge in [-0.15, -0.1) is 0 Å². The Morgan fingerprint density at radius 3 is 2.74 bits per heavy atom. The Morgan fingerprint density at radius 1 is 1.47 bits per heavy atom. The normalized spacial score (nSPS) is 23.2. The molecular formula is C13H24N2O4. The Kier molecular flexibility index (Phi) is 6.08. The van der Waals surface area contributed by atoms with Gasteiger partial charge in [0.25, 0.3) is 0 Å². The lowest BCUT2D eigenvalue weighted by molar-refractivity contribution is -0.137. The molecule has 0 aliphatic carbocycles. The van der Waals surface area contributed by atoms with E-state index in [9.17, 15) is 9.59 Å². The van der Waals surface area contributed by atoms with Crippen molar-refractivity contribution in [3.05, 3.63) is 0 Å². The molecular weight excluding hydrogens is 248 g/mol. The van der Waals surface area contributed by atoms with E-state index < -0.39 is 5.97 Å². The highest BCUT2D eigenvalue weighted by Crippen LogP contribution is 2.20. The predicted molar refractivity (Wildman–Crippen MR) is 71.0 cm³/mol. The summed E-state index contributed by atoms with van der Waals surface area (Å²) in [6.45, 7) is 3.95. The highest BCUT2D eigenvalue weighted by molar-refractivity contribution is 5.74. The molecule has 1 aliphatic rings. The first kappa shape index (κ1) is 15.8. The van der Waals surface area contributed by atoms with Crippen LogP contribution in [0.5, 0.6) is 0 Å². The predicted octanol–water partition coefficient (Wildman–Crippen LogP) is 1.26. The molecule has 6 nitrogen and oxygen atoms in total. The maximum Gasteiger partial charge on any atom is 0.319 e. The highest BCUT2D eigenvalue weighted by atomic mass is 16.5. The molecule has 19 heavy (non-hydrogen) atoms. The first-order valence-electron chi connectivity index (χ1n) is 6.70. The average Bonchev–Trinajstić information content (AvgIpc) is 2.38. The number of likely N-dealkylation sites (tertiary alicyclic amines) is 1. The molecule has 0 aromatic rings. The van der Waals surface area contributed by atoms with Gasteiger partial charge in [-0.3, -0.25) is 4.79 Å². The van der Waals surface area contributed by atoms with Crippen LogP contribution in [-0.2, 0) is 9.53 Å². The lowest BCUT2D eigenvalue weighted by Crippen LogP contribution is -2.50. The van der Waals surface area contributed by atoms with Crippen LogP contribution < -0.4 is 0 Å². The van der Waals surface area contributed by atoms with Gasteiger partial charge in [-0.25, -0.2) is 4.79 Å². The summed E-state index contributed by atoms with van der Waals surface area (Å²) in [7, 11) is 3.38. The van der Waals surface area contributed by atoms with E-state index in [0.717, 1.165) is 13.0 Å². The average molecular weight is 272 g/mol. The molecule has 1 N–H and O–H groups in total. The fraction of sp³-hybridized carbons (Fsp3) is 0.846. The van der Waals surface area contributed by atoms with Gasteiger partial charge in [0.1, 0.15) is 0 Å². The molecule has 1 aliphatic heterocycles. The van der Waals surface area contributed by atoms with Crippen LogP contribution in [0.4, 0.5) is 4.79 Å². The molecule has 1 rings (SSSR count). The van der Waals surface area contributed by atoms with Crippen LogP contribution in [0.25, 0.3) is 0 Å². The summed E-state index contributed by atoms with van der Waals surface area (Å²) in [5, 5.41) is 8.58. The van der Waals surface area contributed by atoms with E-state index in [1.807, 2.05) is 0 Å². The second-order valence-corrected chi connectivity index (χ2v) is 5.19. The van der Waals surface area contributed by atoms with Crippen LogP contribution in [0.2, 0.25) is 0 Å². The van der Waals surface area contributed by atoms with Crippen molar-refractivity contribution in [2.24, 2.45) is 5.92 Å². The Hall–Kier alpha value is -1.30. The van der Waals surface area contributed by atoms with Crippen LogP contribution in [0.3, 0.4) is 0 Å². The lowest BCUT2D eigenvalue weighted by atomic mass is 9.96. The number of ether oxygens (including phenoxy) is 1. The topological polar surface area (TPSA) is 70.1 Å². The molecule has 1 heterocycles. The molecule has 2 unspecified atom stereocenters. The zero-order chi connectivity index (χ0) is 14.4. The van der Waals surface area contributed by atoms with E-state index in [2.05, 4.69) is 6.92 Å². The number of hydrogen-bond acceptors (Lipinski definition) is 3. The SMILES string of the molecule is COC1CN(C(=O)N(C)CCCC(=O)O)CCC1C. The van der Waals surface area contributed by atoms with E-state index in [0.29, 0.717) is 25.4 Å². The molecule has 110 valence electrons. The summed E-state index contributed by atoms with van der Waals surface area (Å²) in [4.78, 5) is 26.0. The van der Waals surface area contributed by atoms with Gasteiger partial charge in [0.15, 0.2) is 0 Å². The van der Waals surface area contributed by atoms with Gasteiger partial charge in [0.05, 0.1) is 6.10 Å². The molecule has 0 aromatic heterocycles. The zero-order valence-electron chi connectivity index (χ0n) is 12.0. The van der Waals surface area contributed by atoms with Gasteiger partial charge < -0.3 is 19.6 Å². The van der Waals surface area contributed by atoms with Crippen molar-refractivity contribution < 1.29 is 19.4 Å². The number of rotatable bonds is 5. The van der Waals surface area contributed by atoms with Crippen LogP contribution in [-0.4, -0.2) is 66.8 Å². The van der Waals surface area contributed by atoms with Gasteiger partial charge in [0.2, 0.25) is 0 Å². The summed E-state index contributed by atoms with van der Waals surface area (Å²) < 4.78 is 5.39. The third-order valence-electron chi connectivity index (χ3n) is 3.67. The number of urea groups is 1. The van der Waals surface area contributed by atoms with Gasteiger partial charge in [-0.05, 0) is 18.8 Å². The van der Waals surface area contributed by atoms with Crippen molar-refractivity contribution in [3.63, 3.8) is 0 Å². The fourth-order valence-corrected chi connectivity index (χ4v) is 2.32. The first-order valence-corrected chi connectivity index (χ1v) is 6.70. The summed E-state index contributed by atoms with van der Waals surface area (Å²) in [5.74, 6) is -0.363. The van der Waals surface area contributed by atoms with Crippen molar-refractivity contribution in [2.75, 3.05) is 33.8 Å². The number of carboxylic acid groups (broad SMARTS) is 1. The van der Waals surface area contributed by atoms with Crippen LogP contribution in [0.1, 0.15) is 26.2 Å². The minimum absolute atomic E-state index is 0.0423. The van der Waals surface area contributed by atoms with Crippen LogP contribution in [0.15, 0.2) is 0 Å². The monoisotopic (exact) mass is 272 g/mol. The molecule has 1 fully saturated rings. The van der Waals surface area contributed by atoms with Crippen molar-refractivity contribution >= 4 is 12.0 Å². The molecule has 2 atom stereocenters. The van der Waals surface area contributed by atoms with Gasteiger partial charge in [-0.1, -0.05) is 6.92 Å². The number of carboxylic acids is 1. The Bertz CT molecular complexity index is 322. The smallest absolute Gasteiger partial charge is 0.319 e. The second kappa shape index (κ2) is 7.33. The molecule has 0 aromatic carbocycles. The molecule has 6 heteroatoms. The minimum Gasteiger partial charge on any atom is -0.481 e. The van der Waals surface area contributed by atoms with E-state index in [-0.39, 0.29) is 18.6 Å². The van der Waals surface area contributed by atoms with Gasteiger partial charge >= 0.3 is 12.0 Å². The minimum atomic E-state index is -0.827. The fourth-order valence-electron chi connectivity index (χ4n) is 2.32. The van der Waals surface area contributed by atoms with Gasteiger partial charge in [0, 0.05) is 40.2 Å². The molecule has 1 saturated heterocycles. The molecule has 0 spiro atoms. The number of nitrogens with zero attached hydrogens (tertiary/aromatic N) is 2. The molecule has 0 radical (unpaired) electrons. The van der Waals surface area contributed by atoms with E-state index in [1.165, 1.54) is 0 Å². The lowest BCUT2D eigenvalue weighted by Gasteiger charge is -2.38. The Labute approximate surface area is 114 Å². The largest absolute Gasteiger partial charge is 0.481 e. The third kappa shape index (κ3) is 4.70. The molecule has 2 amide bonds. The number of hydrogen-bond donors (Lipinski definition) is 1. The number of methoxy groups -OCH3 is 1. The number of piperidine rings is 1. The number of amides is 2. The zero-order valence-corrected chi connectivity index (χ0v) is 12.0.